The highest BCUT2D eigenvalue weighted by atomic mass is 16.5. The van der Waals surface area contributed by atoms with Crippen molar-refractivity contribution in [3.8, 4) is 0 Å². The molecule has 0 saturated carbocycles. The van der Waals surface area contributed by atoms with Crippen molar-refractivity contribution >= 4 is 0 Å². The minimum Gasteiger partial charge on any atom is -0.389 e. The van der Waals surface area contributed by atoms with E-state index in [-0.39, 0.29) is 11.0 Å². The van der Waals surface area contributed by atoms with Crippen LogP contribution in [-0.2, 0) is 9.47 Å². The Hall–Kier alpha value is -0.360. The number of unbranched alkanes of at least 4 members (excludes halogenated alkanes) is 16. The Kier molecular flexibility index (Phi) is 50.4. The van der Waals surface area contributed by atoms with Crippen LogP contribution in [0.25, 0.3) is 0 Å². The SMILES string of the molecule is CC(C)(C)CCCCCCCN1CCC(C(C)(C)C)CC1.CC(C)(C)CCCCCCCN1CCC(CC(C)(C)C)CC1.CC(C)(C)CCCCCCCN1CCC(O)(C(C)(C)C)CC1.CC(C)(C)CCCCCCCN1CCN(C(C)(C)C)CC1.CC(C)(C)CCOCCN1CCC(OC(C)(C)C)CC1. The minimum atomic E-state index is -0.462. The summed E-state index contributed by atoms with van der Waals surface area (Å²) in [5.41, 5.74) is 3.35. The van der Waals surface area contributed by atoms with E-state index in [9.17, 15) is 5.11 Å². The molecule has 5 aliphatic heterocycles. The fraction of sp³-hybridized carbons (Fsp3) is 1.00. The van der Waals surface area contributed by atoms with Gasteiger partial charge >= 0.3 is 0 Å². The zero-order chi connectivity index (χ0) is 80.6. The summed E-state index contributed by atoms with van der Waals surface area (Å²) in [4.78, 5) is 15.8. The summed E-state index contributed by atoms with van der Waals surface area (Å²) in [6.45, 7) is 92.2. The number of ether oxygens (including phenoxy) is 2. The van der Waals surface area contributed by atoms with Crippen molar-refractivity contribution < 1.29 is 14.6 Å². The van der Waals surface area contributed by atoms with Gasteiger partial charge in [0, 0.05) is 71.0 Å². The molecule has 1 N–H and O–H groups in total. The van der Waals surface area contributed by atoms with Crippen molar-refractivity contribution in [3.63, 3.8) is 0 Å². The maximum absolute atomic E-state index is 10.7. The lowest BCUT2D eigenvalue weighted by atomic mass is 9.71. The average Bonchev–Trinajstić information content (AvgIpc) is 0.829. The lowest BCUT2D eigenvalue weighted by Crippen LogP contribution is -2.53. The van der Waals surface area contributed by atoms with Gasteiger partial charge in [0.25, 0.3) is 0 Å². The van der Waals surface area contributed by atoms with Gasteiger partial charge in [0.05, 0.1) is 23.9 Å². The second-order valence-electron chi connectivity index (χ2n) is 46.7. The maximum Gasteiger partial charge on any atom is 0.0720 e. The van der Waals surface area contributed by atoms with E-state index in [1.165, 1.54) is 265 Å². The fourth-order valence-corrected chi connectivity index (χ4v) is 16.4. The summed E-state index contributed by atoms with van der Waals surface area (Å²) in [5, 5.41) is 10.7. The molecule has 0 unspecified atom stereocenters. The third kappa shape index (κ3) is 59.3. The van der Waals surface area contributed by atoms with Crippen LogP contribution in [0.15, 0.2) is 0 Å². The summed E-state index contributed by atoms with van der Waals surface area (Å²) in [6, 6.07) is 0. The third-order valence-electron chi connectivity index (χ3n) is 24.0. The molecule has 0 bridgehead atoms. The van der Waals surface area contributed by atoms with Crippen LogP contribution >= 0.6 is 0 Å². The summed E-state index contributed by atoms with van der Waals surface area (Å²) in [5.74, 6) is 1.92. The Morgan fingerprint density at radius 1 is 0.302 bits per heavy atom. The van der Waals surface area contributed by atoms with Crippen molar-refractivity contribution in [2.24, 2.45) is 55.2 Å². The third-order valence-corrected chi connectivity index (χ3v) is 24.0. The predicted octanol–water partition coefficient (Wildman–Crippen LogP) is 26.4. The smallest absolute Gasteiger partial charge is 0.0720 e. The highest BCUT2D eigenvalue weighted by Gasteiger charge is 2.42. The van der Waals surface area contributed by atoms with Gasteiger partial charge in [0.2, 0.25) is 0 Å². The van der Waals surface area contributed by atoms with Gasteiger partial charge in [-0.3, -0.25) is 4.90 Å². The van der Waals surface area contributed by atoms with Crippen molar-refractivity contribution in [2.75, 3.05) is 124 Å². The molecule has 0 aromatic heterocycles. The first kappa shape index (κ1) is 104. The van der Waals surface area contributed by atoms with Gasteiger partial charge < -0.3 is 39.1 Å². The van der Waals surface area contributed by atoms with Crippen LogP contribution in [-0.4, -0.2) is 182 Å². The van der Waals surface area contributed by atoms with Crippen LogP contribution in [0, 0.1) is 55.2 Å². The second-order valence-corrected chi connectivity index (χ2v) is 46.7. The van der Waals surface area contributed by atoms with Crippen molar-refractivity contribution in [1.29, 1.82) is 0 Å². The largest absolute Gasteiger partial charge is 0.389 e. The van der Waals surface area contributed by atoms with Gasteiger partial charge in [0.1, 0.15) is 0 Å². The van der Waals surface area contributed by atoms with Crippen molar-refractivity contribution in [2.45, 2.75) is 449 Å². The van der Waals surface area contributed by atoms with E-state index in [2.05, 4.69) is 237 Å². The lowest BCUT2D eigenvalue weighted by molar-refractivity contribution is -0.0988. The zero-order valence-electron chi connectivity index (χ0n) is 78.7. The standard InChI is InChI=1S/C21H43N.C20H41NO.C20H41N.C19H40N2.C17H35NO2/c1-20(2,3)14-10-8-7-9-11-15-22-16-12-19(13-17-22)18-21(4,5)6;1-18(2,3)12-10-8-7-9-11-15-21-16-13-20(22,14-17-21)19(4,5)6;1-19(2,3)14-10-8-7-9-11-15-21-16-12-18(13-17-21)20(4,5)6;1-18(2,3)12-10-8-7-9-11-13-20-14-16-21(17-15-20)19(4,5)6;1-16(2,3)9-13-19-14-12-18-10-7-15(8-11-18)20-17(4,5)6/h19H,7-18H2,1-6H3;22H,7-17H2,1-6H3;18H,7-17H2,1-6H3;7-17H2,1-6H3;15H,7-14H2,1-6H3. The fourth-order valence-electron chi connectivity index (χ4n) is 16.4. The molecule has 9 nitrogen and oxygen atoms in total. The summed E-state index contributed by atoms with van der Waals surface area (Å²) < 4.78 is 11.8. The van der Waals surface area contributed by atoms with Crippen molar-refractivity contribution in [3.05, 3.63) is 0 Å². The summed E-state index contributed by atoms with van der Waals surface area (Å²) in [7, 11) is 0. The van der Waals surface area contributed by atoms with Gasteiger partial charge in [-0.25, -0.2) is 0 Å². The van der Waals surface area contributed by atoms with Gasteiger partial charge in [-0.05, 0) is 265 Å². The van der Waals surface area contributed by atoms with Crippen LogP contribution in [0.1, 0.15) is 426 Å². The Bertz CT molecular complexity index is 1990. The number of hydrogen-bond donors (Lipinski definition) is 1. The molecule has 0 spiro atoms. The Labute approximate surface area is 668 Å². The number of hydrogen-bond acceptors (Lipinski definition) is 9. The highest BCUT2D eigenvalue weighted by molar-refractivity contribution is 4.95. The normalized spacial score (nSPS) is 19.4. The molecule has 5 heterocycles. The first-order chi connectivity index (χ1) is 48.7. The van der Waals surface area contributed by atoms with Crippen LogP contribution < -0.4 is 0 Å². The van der Waals surface area contributed by atoms with Gasteiger partial charge in [0.15, 0.2) is 0 Å². The molecular weight excluding hydrogens is 1300 g/mol. The molecular formula is C97H200N6O3. The molecule has 0 amide bonds. The first-order valence-corrected chi connectivity index (χ1v) is 46.1. The van der Waals surface area contributed by atoms with E-state index >= 15 is 0 Å². The number of nitrogens with zero attached hydrogens (tertiary/aromatic N) is 6. The summed E-state index contributed by atoms with van der Waals surface area (Å²) in [6.07, 6.45) is 46.5. The zero-order valence-corrected chi connectivity index (χ0v) is 78.7. The second kappa shape index (κ2) is 51.6. The lowest BCUT2D eigenvalue weighted by Gasteiger charge is -2.46. The van der Waals surface area contributed by atoms with Gasteiger partial charge in [-0.2, -0.15) is 0 Å². The van der Waals surface area contributed by atoms with E-state index in [0.29, 0.717) is 49.5 Å². The number of likely N-dealkylation sites (tertiary alicyclic amines) is 4. The van der Waals surface area contributed by atoms with E-state index in [1.807, 2.05) is 0 Å². The maximum atomic E-state index is 10.7. The number of aliphatic hydroxyl groups is 1. The molecule has 0 radical (unpaired) electrons. The van der Waals surface area contributed by atoms with E-state index in [0.717, 1.165) is 89.9 Å². The van der Waals surface area contributed by atoms with E-state index in [1.54, 1.807) is 0 Å². The number of piperazine rings is 1. The van der Waals surface area contributed by atoms with E-state index in [4.69, 9.17) is 9.47 Å². The Morgan fingerprint density at radius 3 is 0.915 bits per heavy atom. The number of piperidine rings is 4. The topological polar surface area (TPSA) is 58.1 Å². The van der Waals surface area contributed by atoms with Crippen LogP contribution in [0.4, 0.5) is 0 Å². The Morgan fingerprint density at radius 2 is 0.604 bits per heavy atom. The molecule has 106 heavy (non-hydrogen) atoms. The molecule has 5 rings (SSSR count). The van der Waals surface area contributed by atoms with Crippen LogP contribution in [0.5, 0.6) is 0 Å². The highest BCUT2D eigenvalue weighted by Crippen LogP contribution is 2.40. The molecule has 0 atom stereocenters. The average molecular weight is 1500 g/mol. The van der Waals surface area contributed by atoms with Gasteiger partial charge in [-0.1, -0.05) is 269 Å². The van der Waals surface area contributed by atoms with E-state index < -0.39 is 5.60 Å². The minimum absolute atomic E-state index is 0.00610. The quantitative estimate of drug-likeness (QED) is 0.0626. The molecule has 5 saturated heterocycles. The predicted molar refractivity (Wildman–Crippen MR) is 474 cm³/mol. The van der Waals surface area contributed by atoms with Gasteiger partial charge in [-0.15, -0.1) is 0 Å². The molecule has 5 fully saturated rings. The molecule has 0 aromatic carbocycles. The molecule has 9 heteroatoms. The summed E-state index contributed by atoms with van der Waals surface area (Å²) >= 11 is 0. The Balaban J connectivity index is 0.000000663. The first-order valence-electron chi connectivity index (χ1n) is 46.1. The molecule has 0 aliphatic carbocycles. The molecule has 0 aromatic rings. The number of rotatable bonds is 35. The molecule has 5 aliphatic rings. The monoisotopic (exact) mass is 1500 g/mol. The molecule has 636 valence electrons. The van der Waals surface area contributed by atoms with Crippen molar-refractivity contribution in [1.82, 2.24) is 29.4 Å². The van der Waals surface area contributed by atoms with Crippen LogP contribution in [0.3, 0.4) is 0 Å². The van der Waals surface area contributed by atoms with Crippen LogP contribution in [0.2, 0.25) is 0 Å².